The van der Waals surface area contributed by atoms with Crippen molar-refractivity contribution in [2.45, 2.75) is 32.0 Å². The number of hydrogen-bond acceptors (Lipinski definition) is 2. The van der Waals surface area contributed by atoms with Crippen LogP contribution in [0.25, 0.3) is 0 Å². The summed E-state index contributed by atoms with van der Waals surface area (Å²) >= 11 is 0. The lowest BCUT2D eigenvalue weighted by molar-refractivity contribution is -0.198. The van der Waals surface area contributed by atoms with E-state index < -0.39 is 18.8 Å². The molecule has 2 nitrogen and oxygen atoms in total. The smallest absolute Gasteiger partial charge is 0.382 e. The predicted molar refractivity (Wildman–Crippen MR) is 61.0 cm³/mol. The lowest BCUT2D eigenvalue weighted by Crippen LogP contribution is -2.35. The molecule has 0 spiro atoms. The van der Waals surface area contributed by atoms with Gasteiger partial charge in [-0.2, -0.15) is 13.2 Å². The number of alkyl halides is 3. The van der Waals surface area contributed by atoms with E-state index in [2.05, 4.69) is 5.32 Å². The molecule has 0 saturated carbocycles. The Morgan fingerprint density at radius 2 is 1.94 bits per heavy atom. The highest BCUT2D eigenvalue weighted by molar-refractivity contribution is 5.51. The number of anilines is 1. The Bertz CT molecular complexity index is 352. The van der Waals surface area contributed by atoms with Gasteiger partial charge >= 0.3 is 6.18 Å². The molecule has 1 rings (SSSR count). The molecule has 0 aromatic heterocycles. The molecular weight excluding hydrogens is 231 g/mol. The van der Waals surface area contributed by atoms with Gasteiger partial charge in [0.25, 0.3) is 0 Å². The number of benzene rings is 1. The normalized spacial score (nSPS) is 13.5. The molecule has 1 aromatic carbocycles. The van der Waals surface area contributed by atoms with E-state index in [4.69, 9.17) is 5.11 Å². The van der Waals surface area contributed by atoms with Crippen LogP contribution in [0.2, 0.25) is 0 Å². The van der Waals surface area contributed by atoms with Crippen molar-refractivity contribution in [1.82, 2.24) is 0 Å². The zero-order valence-electron chi connectivity index (χ0n) is 9.59. The van der Waals surface area contributed by atoms with Gasteiger partial charge in [0.2, 0.25) is 0 Å². The molecular formula is C12H16F3NO. The van der Waals surface area contributed by atoms with Gasteiger partial charge in [-0.1, -0.05) is 31.5 Å². The van der Waals surface area contributed by atoms with Gasteiger partial charge in [0.1, 0.15) is 0 Å². The minimum absolute atomic E-state index is 0.524. The number of para-hydroxylation sites is 1. The first-order valence-electron chi connectivity index (χ1n) is 5.51. The summed E-state index contributed by atoms with van der Waals surface area (Å²) in [5.74, 6) is 0. The molecule has 0 fully saturated rings. The Morgan fingerprint density at radius 3 is 2.53 bits per heavy atom. The van der Waals surface area contributed by atoms with Crippen LogP contribution in [-0.2, 0) is 6.42 Å². The molecule has 0 aliphatic rings. The second-order valence-electron chi connectivity index (χ2n) is 3.85. The SMILES string of the molecule is CCCc1ccccc1NCC(O)C(F)(F)F. The van der Waals surface area contributed by atoms with Crippen molar-refractivity contribution in [2.24, 2.45) is 0 Å². The highest BCUT2D eigenvalue weighted by atomic mass is 19.4. The van der Waals surface area contributed by atoms with Crippen molar-refractivity contribution in [2.75, 3.05) is 11.9 Å². The number of aryl methyl sites for hydroxylation is 1. The summed E-state index contributed by atoms with van der Waals surface area (Å²) in [7, 11) is 0. The van der Waals surface area contributed by atoms with Crippen LogP contribution in [0, 0.1) is 0 Å². The van der Waals surface area contributed by atoms with Gasteiger partial charge in [-0.25, -0.2) is 0 Å². The van der Waals surface area contributed by atoms with Gasteiger partial charge in [0.15, 0.2) is 6.10 Å². The van der Waals surface area contributed by atoms with E-state index in [-0.39, 0.29) is 0 Å². The zero-order chi connectivity index (χ0) is 12.9. The number of nitrogens with one attached hydrogen (secondary N) is 1. The molecule has 0 aliphatic heterocycles. The van der Waals surface area contributed by atoms with E-state index >= 15 is 0 Å². The van der Waals surface area contributed by atoms with Gasteiger partial charge in [0, 0.05) is 12.2 Å². The summed E-state index contributed by atoms with van der Waals surface area (Å²) in [5, 5.41) is 11.5. The Kier molecular flexibility index (Phi) is 4.81. The molecule has 1 atom stereocenters. The van der Waals surface area contributed by atoms with Crippen molar-refractivity contribution >= 4 is 5.69 Å². The molecule has 2 N–H and O–H groups in total. The molecule has 0 heterocycles. The van der Waals surface area contributed by atoms with Crippen molar-refractivity contribution in [3.8, 4) is 0 Å². The Hall–Kier alpha value is -1.23. The maximum absolute atomic E-state index is 12.1. The monoisotopic (exact) mass is 247 g/mol. The first-order valence-corrected chi connectivity index (χ1v) is 5.51. The molecule has 5 heteroatoms. The topological polar surface area (TPSA) is 32.3 Å². The number of aliphatic hydroxyl groups excluding tert-OH is 1. The van der Waals surface area contributed by atoms with Crippen LogP contribution in [0.1, 0.15) is 18.9 Å². The standard InChI is InChI=1S/C12H16F3NO/c1-2-5-9-6-3-4-7-10(9)16-8-11(17)12(13,14)15/h3-4,6-7,11,16-17H,2,5,8H2,1H3. The molecule has 17 heavy (non-hydrogen) atoms. The number of hydrogen-bond donors (Lipinski definition) is 2. The van der Waals surface area contributed by atoms with Crippen LogP contribution < -0.4 is 5.32 Å². The van der Waals surface area contributed by atoms with Crippen molar-refractivity contribution in [3.63, 3.8) is 0 Å². The van der Waals surface area contributed by atoms with Crippen LogP contribution in [0.3, 0.4) is 0 Å². The Balaban J connectivity index is 2.63. The van der Waals surface area contributed by atoms with Gasteiger partial charge in [-0.3, -0.25) is 0 Å². The quantitative estimate of drug-likeness (QED) is 0.838. The minimum Gasteiger partial charge on any atom is -0.382 e. The number of halogens is 3. The second kappa shape index (κ2) is 5.91. The summed E-state index contributed by atoms with van der Waals surface area (Å²) in [6, 6.07) is 7.18. The predicted octanol–water partition coefficient (Wildman–Crippen LogP) is 2.97. The van der Waals surface area contributed by atoms with Crippen LogP contribution in [-0.4, -0.2) is 23.9 Å². The van der Waals surface area contributed by atoms with Gasteiger partial charge in [-0.05, 0) is 18.1 Å². The third-order valence-corrected chi connectivity index (χ3v) is 2.40. The second-order valence-corrected chi connectivity index (χ2v) is 3.85. The molecule has 0 saturated heterocycles. The highest BCUT2D eigenvalue weighted by Gasteiger charge is 2.37. The maximum Gasteiger partial charge on any atom is 0.416 e. The Labute approximate surface area is 98.5 Å². The summed E-state index contributed by atoms with van der Waals surface area (Å²) in [5.41, 5.74) is 1.61. The molecule has 96 valence electrons. The van der Waals surface area contributed by atoms with E-state index in [1.807, 2.05) is 19.1 Å². The third-order valence-electron chi connectivity index (χ3n) is 2.40. The van der Waals surface area contributed by atoms with E-state index in [9.17, 15) is 13.2 Å². The zero-order valence-corrected chi connectivity index (χ0v) is 9.59. The van der Waals surface area contributed by atoms with Crippen LogP contribution in [0.4, 0.5) is 18.9 Å². The van der Waals surface area contributed by atoms with Crippen molar-refractivity contribution in [3.05, 3.63) is 29.8 Å². The van der Waals surface area contributed by atoms with Crippen molar-refractivity contribution < 1.29 is 18.3 Å². The highest BCUT2D eigenvalue weighted by Crippen LogP contribution is 2.22. The van der Waals surface area contributed by atoms with Gasteiger partial charge < -0.3 is 10.4 Å². The fraction of sp³-hybridized carbons (Fsp3) is 0.500. The van der Waals surface area contributed by atoms with Crippen LogP contribution >= 0.6 is 0 Å². The third kappa shape index (κ3) is 4.26. The molecule has 0 radical (unpaired) electrons. The summed E-state index contributed by atoms with van der Waals surface area (Å²) in [4.78, 5) is 0. The molecule has 0 amide bonds. The van der Waals surface area contributed by atoms with Crippen LogP contribution in [0.15, 0.2) is 24.3 Å². The van der Waals surface area contributed by atoms with Crippen molar-refractivity contribution in [1.29, 1.82) is 0 Å². The average Bonchev–Trinajstić information content (AvgIpc) is 2.26. The molecule has 1 aromatic rings. The first-order chi connectivity index (χ1) is 7.95. The van der Waals surface area contributed by atoms with E-state index in [0.29, 0.717) is 5.69 Å². The van der Waals surface area contributed by atoms with Gasteiger partial charge in [0.05, 0.1) is 0 Å². The molecule has 0 aliphatic carbocycles. The fourth-order valence-electron chi connectivity index (χ4n) is 1.50. The summed E-state index contributed by atoms with van der Waals surface area (Å²) < 4.78 is 36.3. The molecule has 1 unspecified atom stereocenters. The minimum atomic E-state index is -4.58. The largest absolute Gasteiger partial charge is 0.416 e. The maximum atomic E-state index is 12.1. The lowest BCUT2D eigenvalue weighted by Gasteiger charge is -2.17. The number of rotatable bonds is 5. The average molecular weight is 247 g/mol. The Morgan fingerprint density at radius 1 is 1.29 bits per heavy atom. The molecule has 0 bridgehead atoms. The van der Waals surface area contributed by atoms with Crippen LogP contribution in [0.5, 0.6) is 0 Å². The van der Waals surface area contributed by atoms with E-state index in [0.717, 1.165) is 18.4 Å². The summed E-state index contributed by atoms with van der Waals surface area (Å²) in [6.45, 7) is 1.48. The number of aliphatic hydroxyl groups is 1. The first kappa shape index (κ1) is 13.8. The van der Waals surface area contributed by atoms with Gasteiger partial charge in [-0.15, -0.1) is 0 Å². The summed E-state index contributed by atoms with van der Waals surface area (Å²) in [6.07, 6.45) is -5.20. The van der Waals surface area contributed by atoms with E-state index in [1.165, 1.54) is 0 Å². The van der Waals surface area contributed by atoms with E-state index in [1.54, 1.807) is 12.1 Å². The lowest BCUT2D eigenvalue weighted by atomic mass is 10.1. The fourth-order valence-corrected chi connectivity index (χ4v) is 1.50.